The van der Waals surface area contributed by atoms with Crippen LogP contribution in [0, 0.1) is 19.8 Å². The van der Waals surface area contributed by atoms with Gasteiger partial charge in [-0.15, -0.1) is 5.10 Å². The highest BCUT2D eigenvalue weighted by Gasteiger charge is 2.09. The van der Waals surface area contributed by atoms with Crippen LogP contribution in [0.25, 0.3) is 0 Å². The molecule has 0 aliphatic carbocycles. The molecule has 1 aromatic heterocycles. The third-order valence-corrected chi connectivity index (χ3v) is 2.45. The summed E-state index contributed by atoms with van der Waals surface area (Å²) < 4.78 is 0. The van der Waals surface area contributed by atoms with Crippen LogP contribution in [0.1, 0.15) is 32.2 Å². The SMILES string of the molecule is Cc1nnc(NC(C)C(C)C)nc1C. The van der Waals surface area contributed by atoms with Gasteiger partial charge in [0, 0.05) is 6.04 Å². The van der Waals surface area contributed by atoms with Gasteiger partial charge in [-0.1, -0.05) is 13.8 Å². The molecule has 0 saturated heterocycles. The van der Waals surface area contributed by atoms with Gasteiger partial charge in [0.05, 0.1) is 11.4 Å². The topological polar surface area (TPSA) is 50.7 Å². The van der Waals surface area contributed by atoms with E-state index in [1.807, 2.05) is 13.8 Å². The van der Waals surface area contributed by atoms with Crippen molar-refractivity contribution in [3.05, 3.63) is 11.4 Å². The Kier molecular flexibility index (Phi) is 3.38. The van der Waals surface area contributed by atoms with Crippen molar-refractivity contribution in [1.82, 2.24) is 15.2 Å². The Balaban J connectivity index is 2.73. The van der Waals surface area contributed by atoms with Gasteiger partial charge < -0.3 is 5.32 Å². The molecule has 0 aromatic carbocycles. The summed E-state index contributed by atoms with van der Waals surface area (Å²) in [4.78, 5) is 4.31. The van der Waals surface area contributed by atoms with Gasteiger partial charge in [-0.25, -0.2) is 4.98 Å². The summed E-state index contributed by atoms with van der Waals surface area (Å²) in [6.45, 7) is 10.3. The number of hydrogen-bond acceptors (Lipinski definition) is 4. The first-order valence-corrected chi connectivity index (χ1v) is 4.95. The van der Waals surface area contributed by atoms with Gasteiger partial charge in [0.2, 0.25) is 5.95 Å². The summed E-state index contributed by atoms with van der Waals surface area (Å²) in [5.41, 5.74) is 1.81. The predicted molar refractivity (Wildman–Crippen MR) is 57.2 cm³/mol. The van der Waals surface area contributed by atoms with Crippen molar-refractivity contribution in [1.29, 1.82) is 0 Å². The molecule has 0 saturated carbocycles. The molecule has 14 heavy (non-hydrogen) atoms. The second kappa shape index (κ2) is 4.35. The maximum Gasteiger partial charge on any atom is 0.243 e. The summed E-state index contributed by atoms with van der Waals surface area (Å²) >= 11 is 0. The van der Waals surface area contributed by atoms with Crippen LogP contribution in [0.15, 0.2) is 0 Å². The van der Waals surface area contributed by atoms with Gasteiger partial charge >= 0.3 is 0 Å². The fourth-order valence-corrected chi connectivity index (χ4v) is 0.888. The quantitative estimate of drug-likeness (QED) is 0.799. The zero-order valence-corrected chi connectivity index (χ0v) is 9.50. The minimum Gasteiger partial charge on any atom is -0.350 e. The summed E-state index contributed by atoms with van der Waals surface area (Å²) in [7, 11) is 0. The average Bonchev–Trinajstić information content (AvgIpc) is 2.11. The van der Waals surface area contributed by atoms with Crippen LogP contribution in [0.3, 0.4) is 0 Å². The van der Waals surface area contributed by atoms with Crippen molar-refractivity contribution < 1.29 is 0 Å². The zero-order valence-electron chi connectivity index (χ0n) is 9.50. The van der Waals surface area contributed by atoms with Crippen LogP contribution in [0.5, 0.6) is 0 Å². The Hall–Kier alpha value is -1.19. The molecule has 0 aliphatic rings. The Bertz CT molecular complexity index is 309. The van der Waals surface area contributed by atoms with Crippen LogP contribution < -0.4 is 5.32 Å². The molecule has 1 rings (SSSR count). The Morgan fingerprint density at radius 3 is 2.14 bits per heavy atom. The van der Waals surface area contributed by atoms with Crippen molar-refractivity contribution in [3.63, 3.8) is 0 Å². The van der Waals surface area contributed by atoms with Gasteiger partial charge in [-0.3, -0.25) is 0 Å². The van der Waals surface area contributed by atoms with E-state index in [-0.39, 0.29) is 0 Å². The molecule has 0 bridgehead atoms. The monoisotopic (exact) mass is 194 g/mol. The van der Waals surface area contributed by atoms with Crippen molar-refractivity contribution in [2.24, 2.45) is 5.92 Å². The summed E-state index contributed by atoms with van der Waals surface area (Å²) in [5, 5.41) is 11.2. The fraction of sp³-hybridized carbons (Fsp3) is 0.700. The van der Waals surface area contributed by atoms with Gasteiger partial charge in [0.1, 0.15) is 0 Å². The van der Waals surface area contributed by atoms with Gasteiger partial charge in [0.15, 0.2) is 0 Å². The zero-order chi connectivity index (χ0) is 10.7. The molecule has 1 unspecified atom stereocenters. The smallest absolute Gasteiger partial charge is 0.243 e. The molecule has 1 atom stereocenters. The van der Waals surface area contributed by atoms with Crippen LogP contribution >= 0.6 is 0 Å². The number of rotatable bonds is 3. The fourth-order valence-electron chi connectivity index (χ4n) is 0.888. The molecular weight excluding hydrogens is 176 g/mol. The number of aromatic nitrogens is 3. The van der Waals surface area contributed by atoms with E-state index in [1.165, 1.54) is 0 Å². The summed E-state index contributed by atoms with van der Waals surface area (Å²) in [6, 6.07) is 0.360. The first-order chi connectivity index (χ1) is 6.50. The van der Waals surface area contributed by atoms with Crippen LogP contribution in [0.2, 0.25) is 0 Å². The van der Waals surface area contributed by atoms with E-state index in [2.05, 4.69) is 41.3 Å². The highest BCUT2D eigenvalue weighted by molar-refractivity contribution is 5.26. The van der Waals surface area contributed by atoms with E-state index in [9.17, 15) is 0 Å². The molecule has 4 nitrogen and oxygen atoms in total. The van der Waals surface area contributed by atoms with Crippen LogP contribution in [-0.4, -0.2) is 21.2 Å². The van der Waals surface area contributed by atoms with E-state index < -0.39 is 0 Å². The minimum absolute atomic E-state index is 0.360. The third kappa shape index (κ3) is 2.65. The van der Waals surface area contributed by atoms with Gasteiger partial charge in [-0.2, -0.15) is 5.10 Å². The molecule has 1 N–H and O–H groups in total. The molecule has 0 radical (unpaired) electrons. The molecule has 0 aliphatic heterocycles. The Morgan fingerprint density at radius 1 is 1.00 bits per heavy atom. The maximum absolute atomic E-state index is 4.31. The van der Waals surface area contributed by atoms with Crippen molar-refractivity contribution in [3.8, 4) is 0 Å². The number of nitrogens with one attached hydrogen (secondary N) is 1. The van der Waals surface area contributed by atoms with E-state index in [0.29, 0.717) is 17.9 Å². The second-order valence-electron chi connectivity index (χ2n) is 3.98. The van der Waals surface area contributed by atoms with E-state index >= 15 is 0 Å². The summed E-state index contributed by atoms with van der Waals surface area (Å²) in [5.74, 6) is 1.18. The normalized spacial score (nSPS) is 13.0. The first-order valence-electron chi connectivity index (χ1n) is 4.95. The molecule has 1 aromatic rings. The largest absolute Gasteiger partial charge is 0.350 e. The van der Waals surface area contributed by atoms with Crippen LogP contribution in [0.4, 0.5) is 5.95 Å². The number of aryl methyl sites for hydroxylation is 2. The van der Waals surface area contributed by atoms with E-state index in [0.717, 1.165) is 11.4 Å². The highest BCUT2D eigenvalue weighted by atomic mass is 15.2. The first kappa shape index (κ1) is 10.9. The lowest BCUT2D eigenvalue weighted by molar-refractivity contribution is 0.554. The molecule has 0 spiro atoms. The standard InChI is InChI=1S/C10H18N4/c1-6(2)7(3)11-10-12-8(4)9(5)13-14-10/h6-7H,1-5H3,(H,11,12,14). The van der Waals surface area contributed by atoms with Crippen molar-refractivity contribution in [2.45, 2.75) is 40.7 Å². The molecular formula is C10H18N4. The lowest BCUT2D eigenvalue weighted by atomic mass is 10.1. The number of anilines is 1. The molecule has 1 heterocycles. The predicted octanol–water partition coefficient (Wildman–Crippen LogP) is 1.94. The molecule has 0 fully saturated rings. The third-order valence-electron chi connectivity index (χ3n) is 2.45. The lowest BCUT2D eigenvalue weighted by Crippen LogP contribution is -2.23. The highest BCUT2D eigenvalue weighted by Crippen LogP contribution is 2.08. The summed E-state index contributed by atoms with van der Waals surface area (Å²) in [6.07, 6.45) is 0. The molecule has 78 valence electrons. The lowest BCUT2D eigenvalue weighted by Gasteiger charge is -2.17. The van der Waals surface area contributed by atoms with E-state index in [1.54, 1.807) is 0 Å². The van der Waals surface area contributed by atoms with Gasteiger partial charge in [-0.05, 0) is 26.7 Å². The van der Waals surface area contributed by atoms with Crippen molar-refractivity contribution >= 4 is 5.95 Å². The Labute approximate surface area is 85.2 Å². The van der Waals surface area contributed by atoms with E-state index in [4.69, 9.17) is 0 Å². The average molecular weight is 194 g/mol. The maximum atomic E-state index is 4.31. The van der Waals surface area contributed by atoms with Crippen molar-refractivity contribution in [2.75, 3.05) is 5.32 Å². The van der Waals surface area contributed by atoms with Gasteiger partial charge in [0.25, 0.3) is 0 Å². The molecule has 0 amide bonds. The van der Waals surface area contributed by atoms with Crippen LogP contribution in [-0.2, 0) is 0 Å². The number of hydrogen-bond donors (Lipinski definition) is 1. The Morgan fingerprint density at radius 2 is 1.64 bits per heavy atom. The second-order valence-corrected chi connectivity index (χ2v) is 3.98. The number of nitrogens with zero attached hydrogens (tertiary/aromatic N) is 3. The molecule has 4 heteroatoms. The minimum atomic E-state index is 0.360.